The van der Waals surface area contributed by atoms with Gasteiger partial charge in [0.05, 0.1) is 7.11 Å². The summed E-state index contributed by atoms with van der Waals surface area (Å²) in [5, 5.41) is 0. The summed E-state index contributed by atoms with van der Waals surface area (Å²) < 4.78 is 9.06. The van der Waals surface area contributed by atoms with Gasteiger partial charge in [-0.3, -0.25) is 4.79 Å². The van der Waals surface area contributed by atoms with Crippen LogP contribution in [0.4, 0.5) is 0 Å². The molecule has 0 aromatic carbocycles. The van der Waals surface area contributed by atoms with Crippen molar-refractivity contribution in [1.82, 2.24) is 0 Å². The molecule has 0 N–H and O–H groups in total. The van der Waals surface area contributed by atoms with E-state index in [9.17, 15) is 9.59 Å². The van der Waals surface area contributed by atoms with Gasteiger partial charge in [-0.2, -0.15) is 11.8 Å². The van der Waals surface area contributed by atoms with Gasteiger partial charge >= 0.3 is 11.9 Å². The first-order valence-corrected chi connectivity index (χ1v) is 4.97. The minimum Gasteiger partial charge on any atom is -0.463 e. The van der Waals surface area contributed by atoms with Gasteiger partial charge < -0.3 is 9.47 Å². The van der Waals surface area contributed by atoms with E-state index in [4.69, 9.17) is 0 Å². The zero-order chi connectivity index (χ0) is 10.3. The number of hydrogen-bond acceptors (Lipinski definition) is 5. The summed E-state index contributed by atoms with van der Waals surface area (Å²) in [5.74, 6) is -0.621. The maximum absolute atomic E-state index is 11.0. The van der Waals surface area contributed by atoms with Gasteiger partial charge in [0, 0.05) is 12.7 Å². The van der Waals surface area contributed by atoms with Gasteiger partial charge in [0.25, 0.3) is 0 Å². The molecule has 0 atom stereocenters. The lowest BCUT2D eigenvalue weighted by Gasteiger charge is -2.03. The van der Waals surface area contributed by atoms with Crippen LogP contribution in [0.5, 0.6) is 0 Å². The monoisotopic (exact) mass is 204 g/mol. The van der Waals surface area contributed by atoms with Crippen molar-refractivity contribution in [3.63, 3.8) is 0 Å². The first-order chi connectivity index (χ1) is 6.11. The Morgan fingerprint density at radius 3 is 2.46 bits per heavy atom. The van der Waals surface area contributed by atoms with E-state index in [2.05, 4.69) is 9.47 Å². The number of hydrogen-bond donors (Lipinski definition) is 0. The minimum absolute atomic E-state index is 0.0515. The molecular weight excluding hydrogens is 192 g/mol. The molecule has 0 aliphatic heterocycles. The Bertz CT molecular complexity index is 222. The molecule has 74 valence electrons. The molecule has 4 nitrogen and oxygen atoms in total. The van der Waals surface area contributed by atoms with Crippen LogP contribution in [-0.4, -0.2) is 31.1 Å². The van der Waals surface area contributed by atoms with Crippen molar-refractivity contribution in [3.8, 4) is 0 Å². The molecule has 0 bridgehead atoms. The van der Waals surface area contributed by atoms with Crippen molar-refractivity contribution in [2.45, 2.75) is 6.92 Å². The van der Waals surface area contributed by atoms with Crippen molar-refractivity contribution < 1.29 is 19.1 Å². The zero-order valence-electron chi connectivity index (χ0n) is 7.83. The van der Waals surface area contributed by atoms with Crippen molar-refractivity contribution in [1.29, 1.82) is 0 Å². The fourth-order valence-corrected chi connectivity index (χ4v) is 0.899. The van der Waals surface area contributed by atoms with Crippen LogP contribution in [0.15, 0.2) is 11.8 Å². The summed E-state index contributed by atoms with van der Waals surface area (Å²) in [6, 6.07) is 0. The highest BCUT2D eigenvalue weighted by molar-refractivity contribution is 7.98. The molecule has 0 aliphatic rings. The molecule has 0 aromatic heterocycles. The highest BCUT2D eigenvalue weighted by Crippen LogP contribution is 2.03. The van der Waals surface area contributed by atoms with Crippen LogP contribution < -0.4 is 0 Å². The number of rotatable bonds is 4. The quantitative estimate of drug-likeness (QED) is 0.388. The van der Waals surface area contributed by atoms with E-state index in [1.807, 2.05) is 6.26 Å². The van der Waals surface area contributed by atoms with E-state index in [0.717, 1.165) is 0 Å². The Balaban J connectivity index is 4.35. The summed E-state index contributed by atoms with van der Waals surface area (Å²) in [6.45, 7) is 1.23. The molecule has 0 amide bonds. The molecule has 0 spiro atoms. The molecule has 0 saturated carbocycles. The van der Waals surface area contributed by atoms with Crippen molar-refractivity contribution in [2.24, 2.45) is 0 Å². The largest absolute Gasteiger partial charge is 0.463 e. The van der Waals surface area contributed by atoms with E-state index in [-0.39, 0.29) is 5.76 Å². The van der Waals surface area contributed by atoms with Gasteiger partial charge in [-0.05, 0) is 12.3 Å². The minimum atomic E-state index is -0.635. The summed E-state index contributed by atoms with van der Waals surface area (Å²) in [7, 11) is 1.23. The summed E-state index contributed by atoms with van der Waals surface area (Å²) in [4.78, 5) is 21.5. The average Bonchev–Trinajstić information content (AvgIpc) is 2.10. The smallest absolute Gasteiger partial charge is 0.373 e. The third-order valence-electron chi connectivity index (χ3n) is 1.08. The Morgan fingerprint density at radius 2 is 2.08 bits per heavy atom. The second-order valence-electron chi connectivity index (χ2n) is 2.11. The molecule has 0 saturated heterocycles. The predicted molar refractivity (Wildman–Crippen MR) is 50.2 cm³/mol. The van der Waals surface area contributed by atoms with Crippen LogP contribution in [0.3, 0.4) is 0 Å². The Labute approximate surface area is 81.3 Å². The number of thioether (sulfide) groups is 1. The van der Waals surface area contributed by atoms with E-state index < -0.39 is 11.9 Å². The fraction of sp³-hybridized carbons (Fsp3) is 0.500. The van der Waals surface area contributed by atoms with Crippen molar-refractivity contribution in [3.05, 3.63) is 11.8 Å². The number of carbonyl (C=O) groups excluding carboxylic acids is 2. The molecule has 0 unspecified atom stereocenters. The number of carbonyl (C=O) groups is 2. The third-order valence-corrected chi connectivity index (χ3v) is 1.58. The molecule has 0 aliphatic carbocycles. The van der Waals surface area contributed by atoms with Crippen LogP contribution in [0.2, 0.25) is 0 Å². The van der Waals surface area contributed by atoms with Crippen LogP contribution in [0.1, 0.15) is 6.92 Å². The van der Waals surface area contributed by atoms with Gasteiger partial charge in [-0.1, -0.05) is 0 Å². The summed E-state index contributed by atoms with van der Waals surface area (Å²) >= 11 is 1.51. The SMILES string of the molecule is COC(=O)C(=CCSC)OC(C)=O. The lowest BCUT2D eigenvalue weighted by Crippen LogP contribution is -2.11. The van der Waals surface area contributed by atoms with Gasteiger partial charge in [-0.15, -0.1) is 0 Å². The lowest BCUT2D eigenvalue weighted by atomic mass is 10.4. The summed E-state index contributed by atoms with van der Waals surface area (Å²) in [5.41, 5.74) is 0. The fourth-order valence-electron chi connectivity index (χ4n) is 0.581. The maximum atomic E-state index is 11.0. The molecular formula is C8H12O4S. The highest BCUT2D eigenvalue weighted by Gasteiger charge is 2.12. The maximum Gasteiger partial charge on any atom is 0.373 e. The predicted octanol–water partition coefficient (Wildman–Crippen LogP) is 0.969. The first-order valence-electron chi connectivity index (χ1n) is 3.57. The Hall–Kier alpha value is -0.970. The van der Waals surface area contributed by atoms with E-state index in [0.29, 0.717) is 5.75 Å². The molecule has 0 rings (SSSR count). The number of esters is 2. The zero-order valence-corrected chi connectivity index (χ0v) is 8.64. The van der Waals surface area contributed by atoms with E-state index in [1.165, 1.54) is 31.9 Å². The Morgan fingerprint density at radius 1 is 1.46 bits per heavy atom. The second-order valence-corrected chi connectivity index (χ2v) is 3.02. The lowest BCUT2D eigenvalue weighted by molar-refractivity contribution is -0.148. The summed E-state index contributed by atoms with van der Waals surface area (Å²) in [6.07, 6.45) is 3.39. The molecule has 0 heterocycles. The van der Waals surface area contributed by atoms with Gasteiger partial charge in [0.15, 0.2) is 0 Å². The topological polar surface area (TPSA) is 52.6 Å². The molecule has 0 aromatic rings. The number of ether oxygens (including phenoxy) is 2. The van der Waals surface area contributed by atoms with Gasteiger partial charge in [0.1, 0.15) is 0 Å². The molecule has 0 radical (unpaired) electrons. The first kappa shape index (κ1) is 12.0. The molecule has 0 fully saturated rings. The standard InChI is InChI=1S/C8H12O4S/c1-6(9)12-7(4-5-13-3)8(10)11-2/h4H,5H2,1-3H3. The van der Waals surface area contributed by atoms with Crippen LogP contribution in [0, 0.1) is 0 Å². The molecule has 13 heavy (non-hydrogen) atoms. The molecule has 5 heteroatoms. The Kier molecular flexibility index (Phi) is 6.05. The number of methoxy groups -OCH3 is 1. The normalized spacial score (nSPS) is 10.8. The third kappa shape index (κ3) is 5.30. The highest BCUT2D eigenvalue weighted by atomic mass is 32.2. The van der Waals surface area contributed by atoms with Crippen LogP contribution in [0.25, 0.3) is 0 Å². The average molecular weight is 204 g/mol. The van der Waals surface area contributed by atoms with Crippen LogP contribution >= 0.6 is 11.8 Å². The van der Waals surface area contributed by atoms with Gasteiger partial charge in [0.2, 0.25) is 5.76 Å². The van der Waals surface area contributed by atoms with Crippen molar-refractivity contribution >= 4 is 23.7 Å². The van der Waals surface area contributed by atoms with Crippen LogP contribution in [-0.2, 0) is 19.1 Å². The van der Waals surface area contributed by atoms with Gasteiger partial charge in [-0.25, -0.2) is 4.79 Å². The van der Waals surface area contributed by atoms with E-state index >= 15 is 0 Å². The van der Waals surface area contributed by atoms with E-state index in [1.54, 1.807) is 0 Å². The second kappa shape index (κ2) is 6.54. The van der Waals surface area contributed by atoms with Crippen molar-refractivity contribution in [2.75, 3.05) is 19.1 Å².